The van der Waals surface area contributed by atoms with E-state index in [2.05, 4.69) is 12.6 Å². The van der Waals surface area contributed by atoms with Gasteiger partial charge in [0, 0.05) is 28.6 Å². The molecule has 0 aliphatic rings. The first-order valence-electron chi connectivity index (χ1n) is 2.32. The minimum absolute atomic E-state index is 0.342. The van der Waals surface area contributed by atoms with Gasteiger partial charge in [0.05, 0.1) is 0 Å². The lowest BCUT2D eigenvalue weighted by Gasteiger charge is -2.14. The Morgan fingerprint density at radius 2 is 2.44 bits per heavy atom. The maximum Gasteiger partial charge on any atom is 0.322 e. The van der Waals surface area contributed by atoms with Crippen LogP contribution in [0.25, 0.3) is 0 Å². The van der Waals surface area contributed by atoms with E-state index in [9.17, 15) is 4.79 Å². The molecule has 0 unspecified atom stereocenters. The Labute approximate surface area is 73.3 Å². The summed E-state index contributed by atoms with van der Waals surface area (Å²) in [5.41, 5.74) is 0. The van der Waals surface area contributed by atoms with Crippen LogP contribution >= 0.6 is 35.5 Å². The summed E-state index contributed by atoms with van der Waals surface area (Å²) >= 11 is 5.79. The van der Waals surface area contributed by atoms with Gasteiger partial charge in [0.15, 0.2) is 0 Å². The van der Waals surface area contributed by atoms with Crippen LogP contribution in [0.4, 0.5) is 0 Å². The molecule has 54 valence electrons. The van der Waals surface area contributed by atoms with Gasteiger partial charge in [0.25, 0.3) is 0 Å². The van der Waals surface area contributed by atoms with Crippen molar-refractivity contribution in [2.24, 2.45) is 0 Å². The number of halogens is 1. The highest BCUT2D eigenvalue weighted by atomic mass is 127. The highest BCUT2D eigenvalue weighted by Crippen LogP contribution is 2.04. The first-order valence-corrected chi connectivity index (χ1v) is 3.91. The summed E-state index contributed by atoms with van der Waals surface area (Å²) in [5.74, 6) is -0.490. The molecule has 0 bridgehead atoms. The molecule has 5 heteroatoms. The summed E-state index contributed by atoms with van der Waals surface area (Å²) < 4.78 is 1.59. The van der Waals surface area contributed by atoms with E-state index < -0.39 is 12.0 Å². The lowest BCUT2D eigenvalue weighted by atomic mass is 10.3. The van der Waals surface area contributed by atoms with E-state index in [1.165, 1.54) is 0 Å². The van der Waals surface area contributed by atoms with Crippen LogP contribution in [0.15, 0.2) is 0 Å². The van der Waals surface area contributed by atoms with Crippen LogP contribution in [0, 0.1) is 0 Å². The topological polar surface area (TPSA) is 40.5 Å². The third-order valence-corrected chi connectivity index (χ3v) is 1.91. The molecule has 3 nitrogen and oxygen atoms in total. The Kier molecular flexibility index (Phi) is 4.59. The van der Waals surface area contributed by atoms with Crippen LogP contribution in [-0.4, -0.2) is 33.0 Å². The molecule has 1 N–H and O–H groups in total. The maximum absolute atomic E-state index is 10.3. The second-order valence-electron chi connectivity index (χ2n) is 1.56. The summed E-state index contributed by atoms with van der Waals surface area (Å²) in [7, 11) is 1.70. The van der Waals surface area contributed by atoms with Crippen LogP contribution in [0.2, 0.25) is 0 Å². The van der Waals surface area contributed by atoms with Gasteiger partial charge in [-0.15, -0.1) is 0 Å². The molecule has 0 saturated heterocycles. The molecule has 1 atom stereocenters. The number of carbonyl (C=O) groups is 1. The van der Waals surface area contributed by atoms with Crippen molar-refractivity contribution in [1.82, 2.24) is 3.11 Å². The average Bonchev–Trinajstić information content (AvgIpc) is 1.64. The van der Waals surface area contributed by atoms with Crippen LogP contribution in [0.3, 0.4) is 0 Å². The Morgan fingerprint density at radius 3 is 2.44 bits per heavy atom. The third-order valence-electron chi connectivity index (χ3n) is 0.887. The van der Waals surface area contributed by atoms with Gasteiger partial charge < -0.3 is 5.11 Å². The molecule has 0 aromatic rings. The zero-order valence-electron chi connectivity index (χ0n) is 4.91. The van der Waals surface area contributed by atoms with E-state index in [1.807, 2.05) is 22.9 Å². The standard InChI is InChI=1S/C4H8INO2S/c1-6(5)3(2-9)4(7)8/h3,9H,2H2,1H3,(H,7,8)/t3-/m0/s1. The fourth-order valence-electron chi connectivity index (χ4n) is 0.343. The SMILES string of the molecule is CN(I)[C@@H](CS)C(=O)O. The Balaban J connectivity index is 3.83. The number of nitrogens with zero attached hydrogens (tertiary/aromatic N) is 1. The summed E-state index contributed by atoms with van der Waals surface area (Å²) in [6, 6.07) is -0.478. The van der Waals surface area contributed by atoms with E-state index in [0.29, 0.717) is 5.75 Å². The number of likely N-dealkylation sites (N-methyl/N-ethyl adjacent to an activating group) is 1. The molecule has 0 aliphatic heterocycles. The van der Waals surface area contributed by atoms with Gasteiger partial charge in [-0.2, -0.15) is 12.6 Å². The van der Waals surface area contributed by atoms with Gasteiger partial charge in [0.2, 0.25) is 0 Å². The molecule has 0 radical (unpaired) electrons. The quantitative estimate of drug-likeness (QED) is 0.445. The molecule has 0 fully saturated rings. The summed E-state index contributed by atoms with van der Waals surface area (Å²) in [6.45, 7) is 0. The summed E-state index contributed by atoms with van der Waals surface area (Å²) in [6.07, 6.45) is 0. The van der Waals surface area contributed by atoms with Crippen molar-refractivity contribution in [3.63, 3.8) is 0 Å². The van der Waals surface area contributed by atoms with Crippen molar-refractivity contribution in [1.29, 1.82) is 0 Å². The van der Waals surface area contributed by atoms with E-state index in [-0.39, 0.29) is 0 Å². The third kappa shape index (κ3) is 3.27. The van der Waals surface area contributed by atoms with Crippen LogP contribution in [0.1, 0.15) is 0 Å². The van der Waals surface area contributed by atoms with Gasteiger partial charge in [-0.3, -0.25) is 4.79 Å². The zero-order chi connectivity index (χ0) is 7.44. The second-order valence-corrected chi connectivity index (χ2v) is 3.45. The number of thiol groups is 1. The van der Waals surface area contributed by atoms with Gasteiger partial charge in [-0.25, -0.2) is 3.11 Å². The second kappa shape index (κ2) is 4.35. The number of carboxylic acid groups (broad SMARTS) is 1. The smallest absolute Gasteiger partial charge is 0.322 e. The van der Waals surface area contributed by atoms with Crippen LogP contribution < -0.4 is 0 Å². The van der Waals surface area contributed by atoms with E-state index in [0.717, 1.165) is 0 Å². The average molecular weight is 261 g/mol. The first kappa shape index (κ1) is 9.51. The number of hydrogen-bond donors (Lipinski definition) is 2. The number of rotatable bonds is 3. The van der Waals surface area contributed by atoms with Crippen molar-refractivity contribution in [3.8, 4) is 0 Å². The molecule has 0 heterocycles. The number of hydrogen-bond acceptors (Lipinski definition) is 3. The summed E-state index contributed by atoms with van der Waals surface area (Å²) in [4.78, 5) is 10.3. The molecule has 0 aliphatic carbocycles. The molecular formula is C4H8INO2S. The number of carboxylic acids is 1. The van der Waals surface area contributed by atoms with Gasteiger partial charge >= 0.3 is 5.97 Å². The van der Waals surface area contributed by atoms with E-state index in [1.54, 1.807) is 10.2 Å². The highest BCUT2D eigenvalue weighted by Gasteiger charge is 2.17. The zero-order valence-corrected chi connectivity index (χ0v) is 7.96. The minimum Gasteiger partial charge on any atom is -0.480 e. The lowest BCUT2D eigenvalue weighted by molar-refractivity contribution is -0.139. The number of aliphatic carboxylic acids is 1. The Morgan fingerprint density at radius 1 is 2.00 bits per heavy atom. The largest absolute Gasteiger partial charge is 0.480 e. The van der Waals surface area contributed by atoms with Crippen LogP contribution in [0.5, 0.6) is 0 Å². The monoisotopic (exact) mass is 261 g/mol. The fourth-order valence-corrected chi connectivity index (χ4v) is 1.49. The van der Waals surface area contributed by atoms with Gasteiger partial charge in [0.1, 0.15) is 6.04 Å². The lowest BCUT2D eigenvalue weighted by Crippen LogP contribution is -2.33. The van der Waals surface area contributed by atoms with E-state index >= 15 is 0 Å². The predicted octanol–water partition coefficient (Wildman–Crippen LogP) is 0.651. The fraction of sp³-hybridized carbons (Fsp3) is 0.750. The molecule has 0 rings (SSSR count). The van der Waals surface area contributed by atoms with Crippen LogP contribution in [-0.2, 0) is 4.79 Å². The Bertz CT molecular complexity index is 109. The van der Waals surface area contributed by atoms with Gasteiger partial charge in [-0.05, 0) is 7.05 Å². The van der Waals surface area contributed by atoms with Crippen molar-refractivity contribution >= 4 is 41.5 Å². The maximum atomic E-state index is 10.3. The van der Waals surface area contributed by atoms with Crippen molar-refractivity contribution in [3.05, 3.63) is 0 Å². The van der Waals surface area contributed by atoms with Crippen molar-refractivity contribution in [2.45, 2.75) is 6.04 Å². The molecule has 0 spiro atoms. The molecule has 0 saturated carbocycles. The highest BCUT2D eigenvalue weighted by molar-refractivity contribution is 14.1. The molecule has 0 aromatic carbocycles. The normalized spacial score (nSPS) is 13.8. The van der Waals surface area contributed by atoms with Crippen molar-refractivity contribution in [2.75, 3.05) is 12.8 Å². The van der Waals surface area contributed by atoms with Crippen molar-refractivity contribution < 1.29 is 9.90 Å². The first-order chi connectivity index (χ1) is 4.09. The molecule has 9 heavy (non-hydrogen) atoms. The minimum atomic E-state index is -0.832. The molecule has 0 aromatic heterocycles. The van der Waals surface area contributed by atoms with E-state index in [4.69, 9.17) is 5.11 Å². The van der Waals surface area contributed by atoms with Gasteiger partial charge in [-0.1, -0.05) is 0 Å². The molecular weight excluding hydrogens is 253 g/mol. The Hall–Kier alpha value is 0.510. The molecule has 0 amide bonds. The summed E-state index contributed by atoms with van der Waals surface area (Å²) in [5, 5.41) is 8.45. The predicted molar refractivity (Wildman–Crippen MR) is 47.1 cm³/mol.